The first-order valence-electron chi connectivity index (χ1n) is 7.25. The van der Waals surface area contributed by atoms with Gasteiger partial charge in [-0.3, -0.25) is 4.79 Å². The fourth-order valence-electron chi connectivity index (χ4n) is 2.91. The number of hydrogen-bond acceptors (Lipinski definition) is 4. The molecule has 1 saturated heterocycles. The van der Waals surface area contributed by atoms with Crippen molar-refractivity contribution in [3.63, 3.8) is 0 Å². The Hall–Kier alpha value is -1.66. The molecular formula is C15H22ClN5O. The normalized spacial score (nSPS) is 21.2. The van der Waals surface area contributed by atoms with E-state index in [9.17, 15) is 4.79 Å². The molecule has 1 atom stereocenters. The zero-order valence-corrected chi connectivity index (χ0v) is 14.0. The van der Waals surface area contributed by atoms with Crippen LogP contribution in [0.5, 0.6) is 0 Å². The summed E-state index contributed by atoms with van der Waals surface area (Å²) < 4.78 is 1.74. The van der Waals surface area contributed by atoms with Gasteiger partial charge in [0.1, 0.15) is 0 Å². The summed E-state index contributed by atoms with van der Waals surface area (Å²) in [7, 11) is 0. The van der Waals surface area contributed by atoms with Crippen molar-refractivity contribution in [3.8, 4) is 0 Å². The minimum Gasteiger partial charge on any atom is -0.338 e. The molecule has 0 aromatic carbocycles. The standard InChI is InChI=1S/C15H21N5O.ClH/c1-10-6-13-17-7-12(11(2)20(13)18-10)14(21)19-5-4-15(3,8-16)9-19;/h6-7H,4-5,8-9,16H2,1-3H3;1H. The molecule has 120 valence electrons. The van der Waals surface area contributed by atoms with Crippen LogP contribution in [0.2, 0.25) is 0 Å². The van der Waals surface area contributed by atoms with Gasteiger partial charge in [-0.05, 0) is 32.2 Å². The Labute approximate surface area is 136 Å². The van der Waals surface area contributed by atoms with Gasteiger partial charge < -0.3 is 10.6 Å². The number of hydrogen-bond donors (Lipinski definition) is 1. The van der Waals surface area contributed by atoms with E-state index in [2.05, 4.69) is 17.0 Å². The second-order valence-corrected chi connectivity index (χ2v) is 6.30. The van der Waals surface area contributed by atoms with Crippen molar-refractivity contribution in [1.82, 2.24) is 19.5 Å². The maximum absolute atomic E-state index is 12.7. The number of nitrogens with zero attached hydrogens (tertiary/aromatic N) is 4. The molecule has 0 saturated carbocycles. The average Bonchev–Trinajstić information content (AvgIpc) is 3.03. The number of aromatic nitrogens is 3. The number of carbonyl (C=O) groups excluding carboxylic acids is 1. The van der Waals surface area contributed by atoms with E-state index in [0.29, 0.717) is 18.7 Å². The summed E-state index contributed by atoms with van der Waals surface area (Å²) in [5, 5.41) is 4.39. The number of rotatable bonds is 2. The molecule has 2 aromatic rings. The summed E-state index contributed by atoms with van der Waals surface area (Å²) >= 11 is 0. The zero-order valence-electron chi connectivity index (χ0n) is 13.2. The highest BCUT2D eigenvalue weighted by Crippen LogP contribution is 2.29. The molecule has 6 nitrogen and oxygen atoms in total. The predicted octanol–water partition coefficient (Wildman–Crippen LogP) is 1.58. The minimum atomic E-state index is 0. The smallest absolute Gasteiger partial charge is 0.257 e. The molecule has 1 fully saturated rings. The van der Waals surface area contributed by atoms with Crippen LogP contribution in [0.3, 0.4) is 0 Å². The summed E-state index contributed by atoms with van der Waals surface area (Å²) in [6, 6.07) is 1.91. The van der Waals surface area contributed by atoms with E-state index in [-0.39, 0.29) is 23.7 Å². The highest BCUT2D eigenvalue weighted by molar-refractivity contribution is 5.95. The van der Waals surface area contributed by atoms with Crippen LogP contribution >= 0.6 is 12.4 Å². The molecule has 0 spiro atoms. The summed E-state index contributed by atoms with van der Waals surface area (Å²) in [6.45, 7) is 8.02. The van der Waals surface area contributed by atoms with Gasteiger partial charge in [0.15, 0.2) is 5.65 Å². The second kappa shape index (κ2) is 5.85. The van der Waals surface area contributed by atoms with Crippen LogP contribution in [0.1, 0.15) is 35.1 Å². The number of aryl methyl sites for hydroxylation is 2. The van der Waals surface area contributed by atoms with Gasteiger partial charge in [-0.2, -0.15) is 5.10 Å². The van der Waals surface area contributed by atoms with Gasteiger partial charge in [0.2, 0.25) is 0 Å². The molecule has 22 heavy (non-hydrogen) atoms. The van der Waals surface area contributed by atoms with E-state index in [0.717, 1.165) is 30.0 Å². The van der Waals surface area contributed by atoms with Gasteiger partial charge in [-0.15, -0.1) is 12.4 Å². The molecule has 1 unspecified atom stereocenters. The first kappa shape index (κ1) is 16.7. The van der Waals surface area contributed by atoms with Crippen molar-refractivity contribution in [3.05, 3.63) is 29.2 Å². The maximum Gasteiger partial charge on any atom is 0.257 e. The lowest BCUT2D eigenvalue weighted by molar-refractivity contribution is 0.0775. The number of likely N-dealkylation sites (tertiary alicyclic amines) is 1. The molecule has 1 aliphatic rings. The molecule has 0 radical (unpaired) electrons. The Morgan fingerprint density at radius 1 is 1.45 bits per heavy atom. The van der Waals surface area contributed by atoms with E-state index in [1.165, 1.54) is 0 Å². The lowest BCUT2D eigenvalue weighted by Crippen LogP contribution is -2.35. The van der Waals surface area contributed by atoms with Crippen molar-refractivity contribution >= 4 is 24.0 Å². The van der Waals surface area contributed by atoms with Gasteiger partial charge in [0, 0.05) is 25.4 Å². The number of halogens is 1. The van der Waals surface area contributed by atoms with Gasteiger partial charge in [-0.25, -0.2) is 9.50 Å². The minimum absolute atomic E-state index is 0. The summed E-state index contributed by atoms with van der Waals surface area (Å²) in [6.07, 6.45) is 2.61. The third kappa shape index (κ3) is 2.68. The van der Waals surface area contributed by atoms with E-state index in [1.54, 1.807) is 10.7 Å². The number of fused-ring (bicyclic) bond motifs is 1. The molecule has 0 bridgehead atoms. The molecule has 2 N–H and O–H groups in total. The number of nitrogens with two attached hydrogens (primary N) is 1. The number of amides is 1. The highest BCUT2D eigenvalue weighted by Gasteiger charge is 2.35. The van der Waals surface area contributed by atoms with Crippen LogP contribution in [0.25, 0.3) is 5.65 Å². The monoisotopic (exact) mass is 323 g/mol. The first-order valence-corrected chi connectivity index (χ1v) is 7.25. The lowest BCUT2D eigenvalue weighted by atomic mass is 9.90. The molecule has 7 heteroatoms. The van der Waals surface area contributed by atoms with E-state index >= 15 is 0 Å². The Balaban J connectivity index is 0.00000176. The quantitative estimate of drug-likeness (QED) is 0.910. The second-order valence-electron chi connectivity index (χ2n) is 6.30. The largest absolute Gasteiger partial charge is 0.338 e. The Kier molecular flexibility index (Phi) is 4.44. The average molecular weight is 324 g/mol. The third-order valence-electron chi connectivity index (χ3n) is 4.41. The van der Waals surface area contributed by atoms with Crippen LogP contribution in [0.4, 0.5) is 0 Å². The first-order chi connectivity index (χ1) is 9.93. The lowest BCUT2D eigenvalue weighted by Gasteiger charge is -2.23. The molecule has 1 aliphatic heterocycles. The van der Waals surface area contributed by atoms with Crippen molar-refractivity contribution in [1.29, 1.82) is 0 Å². The van der Waals surface area contributed by atoms with Crippen molar-refractivity contribution in [2.45, 2.75) is 27.2 Å². The predicted molar refractivity (Wildman–Crippen MR) is 87.4 cm³/mol. The van der Waals surface area contributed by atoms with Crippen LogP contribution in [-0.2, 0) is 0 Å². The fourth-order valence-corrected chi connectivity index (χ4v) is 2.91. The Bertz CT molecular complexity index is 713. The van der Waals surface area contributed by atoms with Crippen molar-refractivity contribution in [2.75, 3.05) is 19.6 Å². The van der Waals surface area contributed by atoms with Crippen LogP contribution in [0, 0.1) is 19.3 Å². The van der Waals surface area contributed by atoms with Gasteiger partial charge in [-0.1, -0.05) is 6.92 Å². The van der Waals surface area contributed by atoms with Crippen LogP contribution < -0.4 is 5.73 Å². The Morgan fingerprint density at radius 2 is 2.18 bits per heavy atom. The van der Waals surface area contributed by atoms with Crippen molar-refractivity contribution < 1.29 is 4.79 Å². The maximum atomic E-state index is 12.7. The molecule has 0 aliphatic carbocycles. The SMILES string of the molecule is Cc1cc2ncc(C(=O)N3CCC(C)(CN)C3)c(C)n2n1.Cl. The molecule has 3 heterocycles. The van der Waals surface area contributed by atoms with E-state index < -0.39 is 0 Å². The van der Waals surface area contributed by atoms with Gasteiger partial charge in [0.25, 0.3) is 5.91 Å². The third-order valence-corrected chi connectivity index (χ3v) is 4.41. The van der Waals surface area contributed by atoms with Crippen LogP contribution in [-0.4, -0.2) is 45.0 Å². The van der Waals surface area contributed by atoms with Gasteiger partial charge >= 0.3 is 0 Å². The molecule has 3 rings (SSSR count). The molecule has 1 amide bonds. The molecule has 2 aromatic heterocycles. The van der Waals surface area contributed by atoms with E-state index in [1.807, 2.05) is 24.8 Å². The summed E-state index contributed by atoms with van der Waals surface area (Å²) in [5.41, 5.74) is 8.96. The van der Waals surface area contributed by atoms with Crippen LogP contribution in [0.15, 0.2) is 12.3 Å². The van der Waals surface area contributed by atoms with Gasteiger partial charge in [0.05, 0.1) is 17.0 Å². The van der Waals surface area contributed by atoms with Crippen molar-refractivity contribution in [2.24, 2.45) is 11.1 Å². The zero-order chi connectivity index (χ0) is 15.2. The van der Waals surface area contributed by atoms with E-state index in [4.69, 9.17) is 5.73 Å². The highest BCUT2D eigenvalue weighted by atomic mass is 35.5. The fraction of sp³-hybridized carbons (Fsp3) is 0.533. The topological polar surface area (TPSA) is 76.5 Å². The summed E-state index contributed by atoms with van der Waals surface area (Å²) in [5.74, 6) is 0.0206. The molecular weight excluding hydrogens is 302 g/mol. The summed E-state index contributed by atoms with van der Waals surface area (Å²) in [4.78, 5) is 18.9. The Morgan fingerprint density at radius 3 is 2.82 bits per heavy atom. The number of carbonyl (C=O) groups is 1.